The summed E-state index contributed by atoms with van der Waals surface area (Å²) in [7, 11) is 0. The van der Waals surface area contributed by atoms with Crippen molar-refractivity contribution in [2.75, 3.05) is 6.54 Å². The Kier molecular flexibility index (Phi) is 5.66. The van der Waals surface area contributed by atoms with Crippen LogP contribution >= 0.6 is 0 Å². The largest absolute Gasteiger partial charge is 0.350 e. The van der Waals surface area contributed by atoms with Gasteiger partial charge in [-0.05, 0) is 53.9 Å². The second kappa shape index (κ2) is 8.69. The number of nitrogens with zero attached hydrogens (tertiary/aromatic N) is 3. The van der Waals surface area contributed by atoms with Gasteiger partial charge in [0.15, 0.2) is 5.69 Å². The van der Waals surface area contributed by atoms with E-state index in [1.54, 1.807) is 35.3 Å². The fourth-order valence-corrected chi connectivity index (χ4v) is 3.23. The van der Waals surface area contributed by atoms with Crippen LogP contribution in [-0.4, -0.2) is 27.2 Å². The molecule has 30 heavy (non-hydrogen) atoms. The maximum Gasteiger partial charge on any atom is 0.271 e. The number of halogens is 1. The summed E-state index contributed by atoms with van der Waals surface area (Å²) >= 11 is 0. The van der Waals surface area contributed by atoms with Crippen LogP contribution in [0.15, 0.2) is 85.2 Å². The quantitative estimate of drug-likeness (QED) is 0.514. The van der Waals surface area contributed by atoms with E-state index in [1.807, 2.05) is 42.5 Å². The van der Waals surface area contributed by atoms with Gasteiger partial charge in [0.05, 0.1) is 11.4 Å². The van der Waals surface area contributed by atoms with E-state index in [9.17, 15) is 9.18 Å². The maximum absolute atomic E-state index is 13.4. The van der Waals surface area contributed by atoms with Gasteiger partial charge in [-0.1, -0.05) is 37.3 Å². The predicted molar refractivity (Wildman–Crippen MR) is 114 cm³/mol. The molecule has 4 rings (SSSR count). The normalized spacial score (nSPS) is 11.8. The van der Waals surface area contributed by atoms with Crippen molar-refractivity contribution in [1.29, 1.82) is 0 Å². The number of carbonyl (C=O) groups excluding carboxylic acids is 1. The van der Waals surface area contributed by atoms with Gasteiger partial charge in [-0.25, -0.2) is 9.07 Å². The van der Waals surface area contributed by atoms with Gasteiger partial charge in [-0.15, -0.1) is 0 Å². The Bertz CT molecular complexity index is 1130. The van der Waals surface area contributed by atoms with Crippen molar-refractivity contribution in [1.82, 2.24) is 20.1 Å². The van der Waals surface area contributed by atoms with E-state index in [0.29, 0.717) is 23.6 Å². The van der Waals surface area contributed by atoms with E-state index in [1.165, 1.54) is 12.1 Å². The molecule has 1 N–H and O–H groups in total. The zero-order chi connectivity index (χ0) is 20.9. The summed E-state index contributed by atoms with van der Waals surface area (Å²) in [6, 6.07) is 21.4. The number of hydrogen-bond acceptors (Lipinski definition) is 3. The summed E-state index contributed by atoms with van der Waals surface area (Å²) in [6.07, 6.45) is 3.39. The molecule has 0 aliphatic carbocycles. The van der Waals surface area contributed by atoms with E-state index in [4.69, 9.17) is 0 Å². The van der Waals surface area contributed by atoms with Gasteiger partial charge in [0.2, 0.25) is 0 Å². The Hall–Kier alpha value is -3.80. The van der Waals surface area contributed by atoms with Crippen LogP contribution in [0.25, 0.3) is 16.9 Å². The van der Waals surface area contributed by atoms with Crippen molar-refractivity contribution in [3.63, 3.8) is 0 Å². The molecule has 2 aromatic heterocycles. The molecular weight excluding hydrogens is 379 g/mol. The highest BCUT2D eigenvalue weighted by Crippen LogP contribution is 2.24. The fraction of sp³-hybridized carbons (Fsp3) is 0.125. The van der Waals surface area contributed by atoms with E-state index in [2.05, 4.69) is 22.3 Å². The summed E-state index contributed by atoms with van der Waals surface area (Å²) < 4.78 is 15.0. The summed E-state index contributed by atoms with van der Waals surface area (Å²) in [6.45, 7) is 2.56. The van der Waals surface area contributed by atoms with Gasteiger partial charge in [-0.3, -0.25) is 9.78 Å². The Labute approximate surface area is 174 Å². The first-order valence-electron chi connectivity index (χ1n) is 9.71. The molecule has 0 aliphatic rings. The Morgan fingerprint density at radius 3 is 2.53 bits per heavy atom. The van der Waals surface area contributed by atoms with Gasteiger partial charge in [0.25, 0.3) is 5.91 Å². The molecule has 0 fully saturated rings. The first-order valence-corrected chi connectivity index (χ1v) is 9.71. The van der Waals surface area contributed by atoms with Gasteiger partial charge in [0.1, 0.15) is 5.82 Å². The SMILES string of the molecule is C[C@H](CNC(=O)c1cc(-c2cccnc2)n(-c2ccc(F)cc2)n1)c1ccccc1. The minimum Gasteiger partial charge on any atom is -0.350 e. The van der Waals surface area contributed by atoms with E-state index >= 15 is 0 Å². The average molecular weight is 400 g/mol. The van der Waals surface area contributed by atoms with E-state index in [-0.39, 0.29) is 17.6 Å². The van der Waals surface area contributed by atoms with E-state index in [0.717, 1.165) is 11.1 Å². The molecule has 0 unspecified atom stereocenters. The third-order valence-electron chi connectivity index (χ3n) is 4.91. The zero-order valence-corrected chi connectivity index (χ0v) is 16.5. The summed E-state index contributed by atoms with van der Waals surface area (Å²) in [4.78, 5) is 17.0. The van der Waals surface area contributed by atoms with Crippen LogP contribution in [0, 0.1) is 5.82 Å². The summed E-state index contributed by atoms with van der Waals surface area (Å²) in [5.74, 6) is -0.419. The number of pyridine rings is 1. The Morgan fingerprint density at radius 1 is 1.07 bits per heavy atom. The first-order chi connectivity index (χ1) is 14.6. The van der Waals surface area contributed by atoms with Crippen molar-refractivity contribution in [3.8, 4) is 16.9 Å². The number of amides is 1. The molecule has 4 aromatic rings. The molecule has 1 atom stereocenters. The number of benzene rings is 2. The van der Waals surface area contributed by atoms with Crippen molar-refractivity contribution in [2.45, 2.75) is 12.8 Å². The minimum atomic E-state index is -0.332. The second-order valence-corrected chi connectivity index (χ2v) is 7.07. The van der Waals surface area contributed by atoms with Crippen LogP contribution in [0.1, 0.15) is 28.9 Å². The number of carbonyl (C=O) groups is 1. The molecule has 5 nitrogen and oxygen atoms in total. The predicted octanol–water partition coefficient (Wildman–Crippen LogP) is 4.61. The number of hydrogen-bond donors (Lipinski definition) is 1. The van der Waals surface area contributed by atoms with Crippen LogP contribution in [0.2, 0.25) is 0 Å². The summed E-state index contributed by atoms with van der Waals surface area (Å²) in [5, 5.41) is 7.45. The summed E-state index contributed by atoms with van der Waals surface area (Å²) in [5.41, 5.74) is 3.62. The molecular formula is C24H21FN4O. The van der Waals surface area contributed by atoms with Crippen LogP contribution in [-0.2, 0) is 0 Å². The second-order valence-electron chi connectivity index (χ2n) is 7.07. The van der Waals surface area contributed by atoms with Crippen molar-refractivity contribution < 1.29 is 9.18 Å². The standard InChI is InChI=1S/C24H21FN4O/c1-17(18-6-3-2-4-7-18)15-27-24(30)22-14-23(19-8-5-13-26-16-19)29(28-22)21-11-9-20(25)10-12-21/h2-14,16-17H,15H2,1H3,(H,27,30)/t17-/m1/s1. The van der Waals surface area contributed by atoms with Crippen LogP contribution < -0.4 is 5.32 Å². The molecule has 1 amide bonds. The molecule has 150 valence electrons. The molecule has 6 heteroatoms. The van der Waals surface area contributed by atoms with Crippen LogP contribution in [0.3, 0.4) is 0 Å². The molecule has 2 aromatic carbocycles. The molecule has 0 bridgehead atoms. The third-order valence-corrected chi connectivity index (χ3v) is 4.91. The smallest absolute Gasteiger partial charge is 0.271 e. The monoisotopic (exact) mass is 400 g/mol. The molecule has 2 heterocycles. The topological polar surface area (TPSA) is 59.8 Å². The highest BCUT2D eigenvalue weighted by molar-refractivity contribution is 5.93. The lowest BCUT2D eigenvalue weighted by Crippen LogP contribution is -2.28. The number of nitrogens with one attached hydrogen (secondary N) is 1. The maximum atomic E-state index is 13.4. The molecule has 0 aliphatic heterocycles. The molecule has 0 radical (unpaired) electrons. The lowest BCUT2D eigenvalue weighted by atomic mass is 10.0. The minimum absolute atomic E-state index is 0.173. The van der Waals surface area contributed by atoms with Crippen molar-refractivity contribution in [2.24, 2.45) is 0 Å². The zero-order valence-electron chi connectivity index (χ0n) is 16.5. The molecule has 0 spiro atoms. The lowest BCUT2D eigenvalue weighted by molar-refractivity contribution is 0.0946. The number of aromatic nitrogens is 3. The number of rotatable bonds is 6. The highest BCUT2D eigenvalue weighted by atomic mass is 19.1. The van der Waals surface area contributed by atoms with Gasteiger partial charge >= 0.3 is 0 Å². The lowest BCUT2D eigenvalue weighted by Gasteiger charge is -2.12. The Balaban J connectivity index is 1.60. The van der Waals surface area contributed by atoms with Crippen molar-refractivity contribution in [3.05, 3.63) is 102 Å². The van der Waals surface area contributed by atoms with Crippen molar-refractivity contribution >= 4 is 5.91 Å². The van der Waals surface area contributed by atoms with Gasteiger partial charge < -0.3 is 5.32 Å². The first kappa shape index (κ1) is 19.5. The van der Waals surface area contributed by atoms with Gasteiger partial charge in [-0.2, -0.15) is 5.10 Å². The Morgan fingerprint density at radius 2 is 1.83 bits per heavy atom. The third kappa shape index (κ3) is 4.27. The van der Waals surface area contributed by atoms with E-state index < -0.39 is 0 Å². The fourth-order valence-electron chi connectivity index (χ4n) is 3.23. The van der Waals surface area contributed by atoms with Crippen LogP contribution in [0.4, 0.5) is 4.39 Å². The van der Waals surface area contributed by atoms with Crippen LogP contribution in [0.5, 0.6) is 0 Å². The average Bonchev–Trinajstić information content (AvgIpc) is 3.24. The highest BCUT2D eigenvalue weighted by Gasteiger charge is 2.18. The molecule has 0 saturated carbocycles. The van der Waals surface area contributed by atoms with Gasteiger partial charge in [0, 0.05) is 24.5 Å². The molecule has 0 saturated heterocycles.